The molecule has 74 valence electrons. The second-order valence-electron chi connectivity index (χ2n) is 3.73. The first kappa shape index (κ1) is 10.9. The highest BCUT2D eigenvalue weighted by molar-refractivity contribution is 7.99. The molecule has 0 heterocycles. The van der Waals surface area contributed by atoms with Crippen molar-refractivity contribution in [2.75, 3.05) is 6.26 Å². The Bertz CT molecular complexity index is 180. The van der Waals surface area contributed by atoms with Gasteiger partial charge in [-0.05, 0) is 38.9 Å². The smallest absolute Gasteiger partial charge is 0.0926 e. The summed E-state index contributed by atoms with van der Waals surface area (Å²) in [6.07, 6.45) is 7.26. The van der Waals surface area contributed by atoms with E-state index in [0.717, 1.165) is 5.25 Å². The standard InChI is InChI=1S/C10H18N2S/c1-8(7-11)12-9-3-5-10(13-2)6-4-9/h8-10,12H,3-6H2,1-2H3. The molecule has 1 saturated carbocycles. The Hall–Kier alpha value is -0.200. The molecule has 1 aliphatic rings. The monoisotopic (exact) mass is 198 g/mol. The summed E-state index contributed by atoms with van der Waals surface area (Å²) in [7, 11) is 0. The molecule has 0 aromatic carbocycles. The van der Waals surface area contributed by atoms with Crippen molar-refractivity contribution in [3.05, 3.63) is 0 Å². The predicted molar refractivity (Wildman–Crippen MR) is 57.8 cm³/mol. The van der Waals surface area contributed by atoms with Gasteiger partial charge in [0.25, 0.3) is 0 Å². The lowest BCUT2D eigenvalue weighted by atomic mass is 9.94. The van der Waals surface area contributed by atoms with E-state index in [9.17, 15) is 0 Å². The van der Waals surface area contributed by atoms with Gasteiger partial charge >= 0.3 is 0 Å². The average molecular weight is 198 g/mol. The van der Waals surface area contributed by atoms with E-state index in [-0.39, 0.29) is 6.04 Å². The van der Waals surface area contributed by atoms with E-state index in [4.69, 9.17) is 5.26 Å². The summed E-state index contributed by atoms with van der Waals surface area (Å²) < 4.78 is 0. The topological polar surface area (TPSA) is 35.8 Å². The van der Waals surface area contributed by atoms with Crippen molar-refractivity contribution in [3.8, 4) is 6.07 Å². The Morgan fingerprint density at radius 2 is 2.00 bits per heavy atom. The second kappa shape index (κ2) is 5.51. The molecule has 1 unspecified atom stereocenters. The van der Waals surface area contributed by atoms with Crippen LogP contribution in [0.15, 0.2) is 0 Å². The van der Waals surface area contributed by atoms with Gasteiger partial charge in [-0.2, -0.15) is 17.0 Å². The maximum atomic E-state index is 8.65. The molecule has 0 aromatic rings. The van der Waals surface area contributed by atoms with Crippen molar-refractivity contribution in [1.82, 2.24) is 5.32 Å². The molecular weight excluding hydrogens is 180 g/mol. The summed E-state index contributed by atoms with van der Waals surface area (Å²) in [5.41, 5.74) is 0. The van der Waals surface area contributed by atoms with Gasteiger partial charge in [0, 0.05) is 11.3 Å². The normalized spacial score (nSPS) is 30.8. The second-order valence-corrected chi connectivity index (χ2v) is 4.86. The highest BCUT2D eigenvalue weighted by atomic mass is 32.2. The SMILES string of the molecule is CSC1CCC(NC(C)C#N)CC1. The minimum atomic E-state index is 0.0100. The molecule has 0 amide bonds. The van der Waals surface area contributed by atoms with Gasteiger partial charge in [0.2, 0.25) is 0 Å². The van der Waals surface area contributed by atoms with Crippen molar-refractivity contribution in [1.29, 1.82) is 5.26 Å². The van der Waals surface area contributed by atoms with Crippen LogP contribution in [0.4, 0.5) is 0 Å². The van der Waals surface area contributed by atoms with E-state index in [2.05, 4.69) is 17.6 Å². The Morgan fingerprint density at radius 1 is 1.38 bits per heavy atom. The number of nitrogens with one attached hydrogen (secondary N) is 1. The van der Waals surface area contributed by atoms with Crippen LogP contribution in [-0.4, -0.2) is 23.6 Å². The van der Waals surface area contributed by atoms with E-state index < -0.39 is 0 Å². The van der Waals surface area contributed by atoms with Crippen LogP contribution in [0.1, 0.15) is 32.6 Å². The third-order valence-corrected chi connectivity index (χ3v) is 3.82. The molecule has 1 aliphatic carbocycles. The molecule has 0 saturated heterocycles. The van der Waals surface area contributed by atoms with Gasteiger partial charge in [0.15, 0.2) is 0 Å². The maximum absolute atomic E-state index is 8.65. The largest absolute Gasteiger partial charge is 0.299 e. The molecule has 1 atom stereocenters. The van der Waals surface area contributed by atoms with E-state index in [1.165, 1.54) is 25.7 Å². The molecule has 0 aromatic heterocycles. The summed E-state index contributed by atoms with van der Waals surface area (Å²) >= 11 is 1.98. The number of thioether (sulfide) groups is 1. The quantitative estimate of drug-likeness (QED) is 0.755. The van der Waals surface area contributed by atoms with Gasteiger partial charge in [-0.15, -0.1) is 0 Å². The molecule has 0 radical (unpaired) electrons. The minimum absolute atomic E-state index is 0.0100. The van der Waals surface area contributed by atoms with Gasteiger partial charge in [0.05, 0.1) is 12.1 Å². The van der Waals surface area contributed by atoms with Crippen molar-refractivity contribution >= 4 is 11.8 Å². The summed E-state index contributed by atoms with van der Waals surface area (Å²) in [5, 5.41) is 12.8. The van der Waals surface area contributed by atoms with Gasteiger partial charge < -0.3 is 0 Å². The van der Waals surface area contributed by atoms with Gasteiger partial charge in [-0.25, -0.2) is 0 Å². The first-order chi connectivity index (χ1) is 6.26. The van der Waals surface area contributed by atoms with Crippen LogP contribution in [-0.2, 0) is 0 Å². The molecule has 3 heteroatoms. The Balaban J connectivity index is 2.22. The molecule has 13 heavy (non-hydrogen) atoms. The predicted octanol–water partition coefficient (Wildman–Crippen LogP) is 2.16. The molecule has 2 nitrogen and oxygen atoms in total. The molecular formula is C10H18N2S. The molecule has 0 aliphatic heterocycles. The molecule has 0 spiro atoms. The molecule has 1 fully saturated rings. The van der Waals surface area contributed by atoms with E-state index >= 15 is 0 Å². The molecule has 1 rings (SSSR count). The van der Waals surface area contributed by atoms with Crippen LogP contribution < -0.4 is 5.32 Å². The zero-order chi connectivity index (χ0) is 9.68. The highest BCUT2D eigenvalue weighted by Crippen LogP contribution is 2.26. The number of nitrogens with zero attached hydrogens (tertiary/aromatic N) is 1. The molecule has 0 bridgehead atoms. The lowest BCUT2D eigenvalue weighted by Gasteiger charge is -2.28. The van der Waals surface area contributed by atoms with Crippen LogP contribution in [0.5, 0.6) is 0 Å². The van der Waals surface area contributed by atoms with Crippen LogP contribution in [0.2, 0.25) is 0 Å². The van der Waals surface area contributed by atoms with Crippen LogP contribution in [0.3, 0.4) is 0 Å². The summed E-state index contributed by atoms with van der Waals surface area (Å²) in [5.74, 6) is 0. The average Bonchev–Trinajstić information content (AvgIpc) is 2.19. The minimum Gasteiger partial charge on any atom is -0.299 e. The molecule has 1 N–H and O–H groups in total. The van der Waals surface area contributed by atoms with Crippen molar-refractivity contribution < 1.29 is 0 Å². The van der Waals surface area contributed by atoms with Crippen LogP contribution in [0.25, 0.3) is 0 Å². The third-order valence-electron chi connectivity index (χ3n) is 2.69. The lowest BCUT2D eigenvalue weighted by Crippen LogP contribution is -2.38. The highest BCUT2D eigenvalue weighted by Gasteiger charge is 2.20. The maximum Gasteiger partial charge on any atom is 0.0926 e. The fourth-order valence-corrected chi connectivity index (χ4v) is 2.60. The Labute approximate surface area is 85.1 Å². The van der Waals surface area contributed by atoms with E-state index in [0.29, 0.717) is 6.04 Å². The van der Waals surface area contributed by atoms with Crippen molar-refractivity contribution in [2.45, 2.75) is 49.9 Å². The number of nitriles is 1. The van der Waals surface area contributed by atoms with Crippen LogP contribution >= 0.6 is 11.8 Å². The third kappa shape index (κ3) is 3.58. The first-order valence-electron chi connectivity index (χ1n) is 4.94. The Morgan fingerprint density at radius 3 is 2.46 bits per heavy atom. The Kier molecular flexibility index (Phi) is 4.61. The van der Waals surface area contributed by atoms with Gasteiger partial charge in [0.1, 0.15) is 0 Å². The number of hydrogen-bond acceptors (Lipinski definition) is 3. The van der Waals surface area contributed by atoms with Gasteiger partial charge in [-0.3, -0.25) is 5.32 Å². The lowest BCUT2D eigenvalue weighted by molar-refractivity contribution is 0.370. The van der Waals surface area contributed by atoms with E-state index in [1.807, 2.05) is 18.7 Å². The van der Waals surface area contributed by atoms with Gasteiger partial charge in [-0.1, -0.05) is 0 Å². The summed E-state index contributed by atoms with van der Waals surface area (Å²) in [4.78, 5) is 0. The zero-order valence-corrected chi connectivity index (χ0v) is 9.23. The number of hydrogen-bond donors (Lipinski definition) is 1. The van der Waals surface area contributed by atoms with E-state index in [1.54, 1.807) is 0 Å². The fourth-order valence-electron chi connectivity index (χ4n) is 1.86. The first-order valence-corrected chi connectivity index (χ1v) is 6.23. The van der Waals surface area contributed by atoms with Crippen molar-refractivity contribution in [2.24, 2.45) is 0 Å². The zero-order valence-electron chi connectivity index (χ0n) is 8.42. The summed E-state index contributed by atoms with van der Waals surface area (Å²) in [6.45, 7) is 1.93. The van der Waals surface area contributed by atoms with Crippen molar-refractivity contribution in [3.63, 3.8) is 0 Å². The number of rotatable bonds is 3. The van der Waals surface area contributed by atoms with Crippen LogP contribution in [0, 0.1) is 11.3 Å². The fraction of sp³-hybridized carbons (Fsp3) is 0.900. The summed E-state index contributed by atoms with van der Waals surface area (Å²) in [6, 6.07) is 2.81.